The third-order valence-electron chi connectivity index (χ3n) is 4.38. The summed E-state index contributed by atoms with van der Waals surface area (Å²) in [7, 11) is 0. The van der Waals surface area contributed by atoms with E-state index >= 15 is 0 Å². The smallest absolute Gasteiger partial charge is 0.194 e. The van der Waals surface area contributed by atoms with Gasteiger partial charge < -0.3 is 0 Å². The molecule has 21 heavy (non-hydrogen) atoms. The van der Waals surface area contributed by atoms with Crippen LogP contribution >= 0.6 is 11.3 Å². The van der Waals surface area contributed by atoms with Crippen LogP contribution in [-0.2, 0) is 12.8 Å². The molecule has 0 amide bonds. The third-order valence-corrected chi connectivity index (χ3v) is 5.54. The van der Waals surface area contributed by atoms with Gasteiger partial charge in [-0.1, -0.05) is 42.5 Å². The molecule has 2 aromatic heterocycles. The normalized spacial score (nSPS) is 14.1. The van der Waals surface area contributed by atoms with E-state index in [1.807, 2.05) is 11.3 Å². The molecule has 0 aliphatic heterocycles. The van der Waals surface area contributed by atoms with Crippen molar-refractivity contribution in [3.63, 3.8) is 0 Å². The second-order valence-electron chi connectivity index (χ2n) is 5.63. The largest absolute Gasteiger partial charge is 0.294 e. The molecule has 3 heteroatoms. The molecule has 0 atom stereocenters. The fraction of sp³-hybridized carbons (Fsp3) is 0.167. The van der Waals surface area contributed by atoms with E-state index in [0.717, 1.165) is 10.7 Å². The molecule has 0 fully saturated rings. The molecule has 1 aliphatic rings. The first kappa shape index (κ1) is 11.5. The summed E-state index contributed by atoms with van der Waals surface area (Å²) in [5, 5.41) is 2.55. The second-order valence-corrected chi connectivity index (χ2v) is 6.69. The van der Waals surface area contributed by atoms with Gasteiger partial charge in [0.05, 0.1) is 5.69 Å². The minimum Gasteiger partial charge on any atom is -0.294 e. The summed E-state index contributed by atoms with van der Waals surface area (Å²) in [5.74, 6) is 0. The highest BCUT2D eigenvalue weighted by Crippen LogP contribution is 2.34. The van der Waals surface area contributed by atoms with Gasteiger partial charge in [0.15, 0.2) is 4.96 Å². The van der Waals surface area contributed by atoms with Crippen molar-refractivity contribution in [1.29, 1.82) is 0 Å². The lowest BCUT2D eigenvalue weighted by molar-refractivity contribution is 0.888. The summed E-state index contributed by atoms with van der Waals surface area (Å²) in [6.07, 6.45) is 5.93. The van der Waals surface area contributed by atoms with Crippen LogP contribution in [0, 0.1) is 0 Å². The van der Waals surface area contributed by atoms with Crippen molar-refractivity contribution in [3.8, 4) is 11.3 Å². The zero-order valence-electron chi connectivity index (χ0n) is 11.5. The summed E-state index contributed by atoms with van der Waals surface area (Å²) >= 11 is 1.86. The lowest BCUT2D eigenvalue weighted by Gasteiger charge is -2.03. The SMILES string of the molecule is c1ccc2c(-c3cn4c5c(sc4n3)CCC5)cccc2c1. The van der Waals surface area contributed by atoms with Crippen LogP contribution in [0.5, 0.6) is 0 Å². The van der Waals surface area contributed by atoms with Crippen molar-refractivity contribution < 1.29 is 0 Å². The molecule has 5 rings (SSSR count). The summed E-state index contributed by atoms with van der Waals surface area (Å²) < 4.78 is 2.31. The van der Waals surface area contributed by atoms with E-state index in [4.69, 9.17) is 4.98 Å². The topological polar surface area (TPSA) is 17.3 Å². The highest BCUT2D eigenvalue weighted by molar-refractivity contribution is 7.17. The van der Waals surface area contributed by atoms with Crippen LogP contribution in [0.25, 0.3) is 27.0 Å². The van der Waals surface area contributed by atoms with Crippen molar-refractivity contribution in [2.75, 3.05) is 0 Å². The zero-order valence-corrected chi connectivity index (χ0v) is 12.4. The molecular weight excluding hydrogens is 276 g/mol. The van der Waals surface area contributed by atoms with Crippen LogP contribution in [0.1, 0.15) is 17.0 Å². The van der Waals surface area contributed by atoms with E-state index in [0.29, 0.717) is 0 Å². The van der Waals surface area contributed by atoms with E-state index in [-0.39, 0.29) is 0 Å². The molecule has 0 N–H and O–H groups in total. The van der Waals surface area contributed by atoms with Crippen LogP contribution < -0.4 is 0 Å². The molecule has 0 radical (unpaired) electrons. The number of rotatable bonds is 1. The van der Waals surface area contributed by atoms with Gasteiger partial charge in [0.25, 0.3) is 0 Å². The highest BCUT2D eigenvalue weighted by Gasteiger charge is 2.19. The molecule has 0 unspecified atom stereocenters. The molecule has 4 aromatic rings. The maximum Gasteiger partial charge on any atom is 0.194 e. The molecule has 2 nitrogen and oxygen atoms in total. The van der Waals surface area contributed by atoms with Gasteiger partial charge in [0, 0.05) is 22.3 Å². The van der Waals surface area contributed by atoms with Crippen LogP contribution in [0.4, 0.5) is 0 Å². The minimum atomic E-state index is 1.09. The van der Waals surface area contributed by atoms with Crippen LogP contribution in [0.2, 0.25) is 0 Å². The fourth-order valence-electron chi connectivity index (χ4n) is 3.38. The Morgan fingerprint density at radius 3 is 2.90 bits per heavy atom. The Hall–Kier alpha value is -2.13. The number of hydrogen-bond acceptors (Lipinski definition) is 2. The van der Waals surface area contributed by atoms with E-state index in [1.165, 1.54) is 46.2 Å². The highest BCUT2D eigenvalue weighted by atomic mass is 32.1. The Labute approximate surface area is 126 Å². The van der Waals surface area contributed by atoms with E-state index in [9.17, 15) is 0 Å². The molecule has 0 bridgehead atoms. The average Bonchev–Trinajstić information content (AvgIpc) is 3.18. The Balaban J connectivity index is 1.77. The van der Waals surface area contributed by atoms with E-state index in [2.05, 4.69) is 53.1 Å². The summed E-state index contributed by atoms with van der Waals surface area (Å²) in [4.78, 5) is 7.55. The third kappa shape index (κ3) is 1.61. The Morgan fingerprint density at radius 2 is 1.90 bits per heavy atom. The van der Waals surface area contributed by atoms with E-state index in [1.54, 1.807) is 0 Å². The monoisotopic (exact) mass is 290 g/mol. The van der Waals surface area contributed by atoms with Crippen molar-refractivity contribution >= 4 is 27.1 Å². The number of aryl methyl sites for hydroxylation is 2. The number of nitrogens with zero attached hydrogens (tertiary/aromatic N) is 2. The van der Waals surface area contributed by atoms with Crippen LogP contribution in [0.3, 0.4) is 0 Å². The average molecular weight is 290 g/mol. The van der Waals surface area contributed by atoms with Gasteiger partial charge in [-0.2, -0.15) is 0 Å². The lowest BCUT2D eigenvalue weighted by Crippen LogP contribution is -1.85. The lowest BCUT2D eigenvalue weighted by atomic mass is 10.0. The van der Waals surface area contributed by atoms with Gasteiger partial charge in [0.2, 0.25) is 0 Å². The van der Waals surface area contributed by atoms with Gasteiger partial charge in [-0.15, -0.1) is 11.3 Å². The number of imidazole rings is 1. The van der Waals surface area contributed by atoms with Crippen LogP contribution in [0.15, 0.2) is 48.7 Å². The number of aromatic nitrogens is 2. The zero-order chi connectivity index (χ0) is 13.8. The molecule has 0 saturated heterocycles. The fourth-order valence-corrected chi connectivity index (χ4v) is 4.57. The first-order valence-corrected chi connectivity index (χ1v) is 8.19. The van der Waals surface area contributed by atoms with Crippen molar-refractivity contribution in [2.45, 2.75) is 19.3 Å². The molecular formula is C18H14N2S. The molecule has 0 spiro atoms. The standard InChI is InChI=1S/C18H14N2S/c1-2-7-13-12(5-1)6-3-8-14(13)15-11-20-16-9-4-10-17(16)21-18(20)19-15/h1-3,5-8,11H,4,9-10H2. The Kier molecular flexibility index (Phi) is 2.29. The van der Waals surface area contributed by atoms with Gasteiger partial charge in [-0.3, -0.25) is 4.40 Å². The first-order chi connectivity index (χ1) is 10.4. The predicted octanol–water partition coefficient (Wildman–Crippen LogP) is 4.70. The van der Waals surface area contributed by atoms with E-state index < -0.39 is 0 Å². The Morgan fingerprint density at radius 1 is 1.00 bits per heavy atom. The summed E-state index contributed by atoms with van der Waals surface area (Å²) in [5.41, 5.74) is 3.80. The van der Waals surface area contributed by atoms with Crippen molar-refractivity contribution in [1.82, 2.24) is 9.38 Å². The second kappa shape index (κ2) is 4.18. The molecule has 2 heterocycles. The summed E-state index contributed by atoms with van der Waals surface area (Å²) in [6, 6.07) is 15.0. The maximum absolute atomic E-state index is 4.88. The predicted molar refractivity (Wildman–Crippen MR) is 88.0 cm³/mol. The van der Waals surface area contributed by atoms with Gasteiger partial charge in [-0.05, 0) is 30.0 Å². The van der Waals surface area contributed by atoms with Crippen molar-refractivity contribution in [3.05, 3.63) is 59.2 Å². The number of fused-ring (bicyclic) bond motifs is 4. The van der Waals surface area contributed by atoms with Crippen LogP contribution in [-0.4, -0.2) is 9.38 Å². The maximum atomic E-state index is 4.88. The minimum absolute atomic E-state index is 1.09. The molecule has 1 aliphatic carbocycles. The molecule has 2 aromatic carbocycles. The van der Waals surface area contributed by atoms with Crippen molar-refractivity contribution in [2.24, 2.45) is 0 Å². The molecule has 0 saturated carbocycles. The number of thiazole rings is 1. The number of hydrogen-bond donors (Lipinski definition) is 0. The van der Waals surface area contributed by atoms with Gasteiger partial charge in [-0.25, -0.2) is 4.98 Å². The quantitative estimate of drug-likeness (QED) is 0.496. The number of benzene rings is 2. The Bertz CT molecular complexity index is 972. The summed E-state index contributed by atoms with van der Waals surface area (Å²) in [6.45, 7) is 0. The van der Waals surface area contributed by atoms with Gasteiger partial charge >= 0.3 is 0 Å². The molecule has 102 valence electrons. The van der Waals surface area contributed by atoms with Gasteiger partial charge in [0.1, 0.15) is 0 Å². The first-order valence-electron chi connectivity index (χ1n) is 7.38.